The summed E-state index contributed by atoms with van der Waals surface area (Å²) in [5, 5.41) is 4.93. The largest absolute Gasteiger partial charge is 0.522 e. The predicted octanol–water partition coefficient (Wildman–Crippen LogP) is 5.35. The van der Waals surface area contributed by atoms with E-state index < -0.39 is 29.6 Å². The van der Waals surface area contributed by atoms with Gasteiger partial charge >= 0.3 is 12.4 Å². The number of anilines is 1. The molecule has 4 aliphatic rings. The second-order valence-corrected chi connectivity index (χ2v) is 12.8. The van der Waals surface area contributed by atoms with Crippen molar-refractivity contribution in [3.8, 4) is 29.6 Å². The summed E-state index contributed by atoms with van der Waals surface area (Å²) in [5.41, 5.74) is 0.324. The molecule has 8 rings (SSSR count). The van der Waals surface area contributed by atoms with Crippen LogP contribution in [0.3, 0.4) is 0 Å². The molecule has 0 radical (unpaired) electrons. The average Bonchev–Trinajstić information content (AvgIpc) is 3.53. The first kappa shape index (κ1) is 30.2. The fourth-order valence-corrected chi connectivity index (χ4v) is 8.06. The minimum Gasteiger partial charge on any atom is -0.461 e. The fraction of sp³-hybridized carbons (Fsp3) is 0.441. The van der Waals surface area contributed by atoms with Gasteiger partial charge in [-0.3, -0.25) is 9.64 Å². The van der Waals surface area contributed by atoms with Crippen molar-refractivity contribution in [1.82, 2.24) is 25.2 Å². The van der Waals surface area contributed by atoms with E-state index in [4.69, 9.17) is 21.1 Å². The summed E-state index contributed by atoms with van der Waals surface area (Å²) in [6.45, 7) is 2.84. The van der Waals surface area contributed by atoms with Gasteiger partial charge in [-0.15, -0.1) is 19.6 Å². The number of terminal acetylenes is 1. The van der Waals surface area contributed by atoms with E-state index in [2.05, 4.69) is 25.9 Å². The second-order valence-electron chi connectivity index (χ2n) is 12.8. The van der Waals surface area contributed by atoms with Crippen molar-refractivity contribution in [3.63, 3.8) is 0 Å². The molecular weight excluding hydrogens is 619 g/mol. The number of hydrogen-bond acceptors (Lipinski definition) is 8. The molecule has 244 valence electrons. The molecule has 47 heavy (non-hydrogen) atoms. The van der Waals surface area contributed by atoms with Gasteiger partial charge in [0.1, 0.15) is 29.5 Å². The summed E-state index contributed by atoms with van der Waals surface area (Å²) in [5.74, 6) is 1.63. The quantitative estimate of drug-likeness (QED) is 0.229. The number of alkyl halides is 3. The summed E-state index contributed by atoms with van der Waals surface area (Å²) >= 11 is 0. The third-order valence-electron chi connectivity index (χ3n) is 10.1. The van der Waals surface area contributed by atoms with Crippen LogP contribution in [0.4, 0.5) is 27.8 Å². The molecule has 3 atom stereocenters. The number of rotatable bonds is 5. The van der Waals surface area contributed by atoms with Crippen LogP contribution in [0.15, 0.2) is 30.3 Å². The standard InChI is InChI=1S/C34H31F5N6O2/c1-2-22-24(35)9-7-19-5-3-6-23(26(19)22)29-28(36)30-27-25(41-29)10-8-20-16-40-12-14-45(20)31(27)43-32(42-30)46-18-33-11-4-13-44(33)17-21(15-33)47-34(37,38)39/h1,3,5-7,9,20-21,40H,4,8,10-18H2/t20-,21+,33?/m1/s1. The summed E-state index contributed by atoms with van der Waals surface area (Å²) in [6.07, 6.45) is 2.84. The lowest BCUT2D eigenvalue weighted by atomic mass is 9.94. The van der Waals surface area contributed by atoms with Gasteiger partial charge in [0.2, 0.25) is 0 Å². The topological polar surface area (TPSA) is 75.6 Å². The minimum absolute atomic E-state index is 0.00251. The maximum Gasteiger partial charge on any atom is 0.522 e. The molecule has 3 fully saturated rings. The van der Waals surface area contributed by atoms with Gasteiger partial charge in [0.05, 0.1) is 28.3 Å². The molecule has 0 saturated carbocycles. The smallest absolute Gasteiger partial charge is 0.461 e. The average molecular weight is 651 g/mol. The number of aromatic nitrogens is 3. The number of ether oxygens (including phenoxy) is 2. The Morgan fingerprint density at radius 2 is 1.96 bits per heavy atom. The normalized spacial score (nSPS) is 24.3. The lowest BCUT2D eigenvalue weighted by Crippen LogP contribution is -2.51. The van der Waals surface area contributed by atoms with Crippen LogP contribution in [0.2, 0.25) is 0 Å². The molecule has 8 nitrogen and oxygen atoms in total. The highest BCUT2D eigenvalue weighted by Gasteiger charge is 2.52. The Bertz CT molecular complexity index is 1950. The zero-order valence-corrected chi connectivity index (χ0v) is 25.3. The van der Waals surface area contributed by atoms with Crippen molar-refractivity contribution < 1.29 is 31.4 Å². The molecule has 13 heteroatoms. The second kappa shape index (κ2) is 11.2. The van der Waals surface area contributed by atoms with Gasteiger partial charge in [-0.25, -0.2) is 13.8 Å². The molecule has 1 N–H and O–H groups in total. The number of aryl methyl sites for hydroxylation is 1. The lowest BCUT2D eigenvalue weighted by molar-refractivity contribution is -0.340. The summed E-state index contributed by atoms with van der Waals surface area (Å²) < 4.78 is 81.6. The van der Waals surface area contributed by atoms with Crippen molar-refractivity contribution in [3.05, 3.63) is 53.2 Å². The van der Waals surface area contributed by atoms with Gasteiger partial charge in [-0.05, 0) is 50.1 Å². The lowest BCUT2D eigenvalue weighted by Gasteiger charge is -2.36. The van der Waals surface area contributed by atoms with Gasteiger partial charge in [0, 0.05) is 43.2 Å². The van der Waals surface area contributed by atoms with Crippen molar-refractivity contribution in [1.29, 1.82) is 0 Å². The highest BCUT2D eigenvalue weighted by atomic mass is 19.4. The number of piperazine rings is 1. The van der Waals surface area contributed by atoms with Crippen LogP contribution in [0.1, 0.15) is 36.9 Å². The minimum atomic E-state index is -4.73. The fourth-order valence-electron chi connectivity index (χ4n) is 8.06. The number of benzene rings is 2. The van der Waals surface area contributed by atoms with E-state index in [1.807, 2.05) is 4.90 Å². The molecule has 0 bridgehead atoms. The van der Waals surface area contributed by atoms with Gasteiger partial charge in [0.15, 0.2) is 5.82 Å². The van der Waals surface area contributed by atoms with Crippen LogP contribution in [-0.4, -0.2) is 83.2 Å². The van der Waals surface area contributed by atoms with Crippen LogP contribution in [0, 0.1) is 24.0 Å². The van der Waals surface area contributed by atoms with E-state index in [1.54, 1.807) is 24.3 Å². The maximum absolute atomic E-state index is 16.9. The molecule has 1 unspecified atom stereocenters. The monoisotopic (exact) mass is 650 g/mol. The van der Waals surface area contributed by atoms with Gasteiger partial charge in [-0.2, -0.15) is 9.97 Å². The third-order valence-corrected chi connectivity index (χ3v) is 10.1. The number of fused-ring (bicyclic) bond motifs is 4. The van der Waals surface area contributed by atoms with Crippen LogP contribution in [-0.2, 0) is 11.2 Å². The number of halogens is 5. The van der Waals surface area contributed by atoms with E-state index in [9.17, 15) is 17.6 Å². The molecule has 2 aromatic carbocycles. The van der Waals surface area contributed by atoms with Crippen LogP contribution in [0.25, 0.3) is 32.9 Å². The number of pyridine rings is 1. The first-order chi connectivity index (χ1) is 22.6. The van der Waals surface area contributed by atoms with Crippen molar-refractivity contribution in [2.24, 2.45) is 0 Å². The molecule has 6 heterocycles. The van der Waals surface area contributed by atoms with Gasteiger partial charge in [0.25, 0.3) is 0 Å². The maximum atomic E-state index is 16.9. The molecule has 3 saturated heterocycles. The zero-order valence-electron chi connectivity index (χ0n) is 25.3. The zero-order chi connectivity index (χ0) is 32.5. The molecule has 0 aliphatic carbocycles. The van der Waals surface area contributed by atoms with E-state index in [-0.39, 0.29) is 48.4 Å². The van der Waals surface area contributed by atoms with E-state index in [1.165, 1.54) is 6.07 Å². The predicted molar refractivity (Wildman–Crippen MR) is 165 cm³/mol. The Morgan fingerprint density at radius 1 is 1.09 bits per heavy atom. The van der Waals surface area contributed by atoms with Crippen molar-refractivity contribution >= 4 is 27.5 Å². The molecule has 4 aliphatic heterocycles. The number of hydrogen-bond donors (Lipinski definition) is 1. The van der Waals surface area contributed by atoms with E-state index in [0.717, 1.165) is 12.8 Å². The first-order valence-electron chi connectivity index (χ1n) is 15.8. The highest BCUT2D eigenvalue weighted by molar-refractivity contribution is 6.02. The highest BCUT2D eigenvalue weighted by Crippen LogP contribution is 2.43. The molecular formula is C34H31F5N6O2. The Balaban J connectivity index is 1.25. The summed E-state index contributed by atoms with van der Waals surface area (Å²) in [7, 11) is 0. The van der Waals surface area contributed by atoms with Crippen LogP contribution in [0.5, 0.6) is 6.01 Å². The van der Waals surface area contributed by atoms with E-state index in [0.29, 0.717) is 72.3 Å². The molecule has 0 amide bonds. The number of nitrogens with zero attached hydrogens (tertiary/aromatic N) is 5. The SMILES string of the molecule is C#Cc1c(F)ccc2cccc(-c3nc4c5c(nc(OCC67CCCN6C[C@@H](OC(F)(F)F)C7)nc5c3F)N3CCNC[C@H]3CC4)c12. The molecule has 2 aromatic heterocycles. The molecule has 0 spiro atoms. The summed E-state index contributed by atoms with van der Waals surface area (Å²) in [6, 6.07) is 8.08. The van der Waals surface area contributed by atoms with Crippen LogP contribution >= 0.6 is 0 Å². The van der Waals surface area contributed by atoms with Crippen LogP contribution < -0.4 is 15.0 Å². The Labute approximate surface area is 267 Å². The Morgan fingerprint density at radius 3 is 2.79 bits per heavy atom. The van der Waals surface area contributed by atoms with Gasteiger partial charge in [-0.1, -0.05) is 30.2 Å². The number of nitrogens with one attached hydrogen (secondary N) is 1. The third kappa shape index (κ3) is 5.14. The van der Waals surface area contributed by atoms with E-state index >= 15 is 4.39 Å². The van der Waals surface area contributed by atoms with Gasteiger partial charge < -0.3 is 15.0 Å². The van der Waals surface area contributed by atoms with Crippen molar-refractivity contribution in [2.45, 2.75) is 56.2 Å². The Kier molecular flexibility index (Phi) is 7.23. The van der Waals surface area contributed by atoms with Crippen molar-refractivity contribution in [2.75, 3.05) is 44.2 Å². The summed E-state index contributed by atoms with van der Waals surface area (Å²) in [4.78, 5) is 18.4. The first-order valence-corrected chi connectivity index (χ1v) is 15.8. The molecule has 4 aromatic rings. The Hall–Kier alpha value is -4.12.